The van der Waals surface area contributed by atoms with Crippen LogP contribution in [0.1, 0.15) is 50.7 Å². The molecule has 39 heavy (non-hydrogen) atoms. The van der Waals surface area contributed by atoms with Crippen molar-refractivity contribution in [3.05, 3.63) is 121 Å². The van der Waals surface area contributed by atoms with Crippen LogP contribution < -0.4 is 9.97 Å². The molecule has 0 bridgehead atoms. The van der Waals surface area contributed by atoms with Gasteiger partial charge in [0.1, 0.15) is 23.0 Å². The van der Waals surface area contributed by atoms with Crippen molar-refractivity contribution in [3.63, 3.8) is 0 Å². The second kappa shape index (κ2) is 10.3. The Morgan fingerprint density at radius 3 is 1.31 bits per heavy atom. The number of nitrogens with zero attached hydrogens (tertiary/aromatic N) is 8. The van der Waals surface area contributed by atoms with E-state index in [1.807, 2.05) is 36.4 Å². The number of para-hydroxylation sites is 2. The van der Waals surface area contributed by atoms with Crippen molar-refractivity contribution in [2.45, 2.75) is 38.5 Å². The predicted molar refractivity (Wildman–Crippen MR) is 145 cm³/mol. The predicted octanol–water partition coefficient (Wildman–Crippen LogP) is 5.08. The van der Waals surface area contributed by atoms with Gasteiger partial charge in [-0.1, -0.05) is 72.8 Å². The van der Waals surface area contributed by atoms with Gasteiger partial charge in [0.25, 0.3) is 0 Å². The molecule has 0 unspecified atom stereocenters. The van der Waals surface area contributed by atoms with Gasteiger partial charge in [0, 0.05) is 34.6 Å². The topological polar surface area (TPSA) is 89.6 Å². The Kier molecular flexibility index (Phi) is 6.99. The molecular formula is C30H28N8Pt. The van der Waals surface area contributed by atoms with Gasteiger partial charge in [0.05, 0.1) is 0 Å². The molecule has 0 amide bonds. The molecular weight excluding hydrogens is 667 g/mol. The van der Waals surface area contributed by atoms with E-state index < -0.39 is 10.8 Å². The summed E-state index contributed by atoms with van der Waals surface area (Å²) >= 11 is 0. The third kappa shape index (κ3) is 4.70. The van der Waals surface area contributed by atoms with E-state index in [0.717, 1.165) is 45.8 Å². The van der Waals surface area contributed by atoms with Gasteiger partial charge in [0.15, 0.2) is 0 Å². The van der Waals surface area contributed by atoms with Crippen LogP contribution in [-0.2, 0) is 31.9 Å². The van der Waals surface area contributed by atoms with Crippen LogP contribution in [0.3, 0.4) is 0 Å². The fourth-order valence-electron chi connectivity index (χ4n) is 4.80. The number of imidazole rings is 4. The van der Waals surface area contributed by atoms with Gasteiger partial charge in [-0.05, 0) is 52.0 Å². The maximum absolute atomic E-state index is 5.17. The van der Waals surface area contributed by atoms with Gasteiger partial charge in [0.2, 0.25) is 0 Å². The zero-order valence-electron chi connectivity index (χ0n) is 22.1. The fourth-order valence-corrected chi connectivity index (χ4v) is 4.80. The van der Waals surface area contributed by atoms with Gasteiger partial charge < -0.3 is 29.1 Å². The van der Waals surface area contributed by atoms with Crippen LogP contribution >= 0.6 is 0 Å². The molecule has 0 aliphatic heterocycles. The van der Waals surface area contributed by atoms with Gasteiger partial charge in [-0.3, -0.25) is 0 Å². The van der Waals surface area contributed by atoms with E-state index in [4.69, 9.17) is 9.97 Å². The number of benzene rings is 2. The van der Waals surface area contributed by atoms with E-state index in [2.05, 4.69) is 93.4 Å². The SMILES string of the molecule is CC(C)(c1cnc[n-]1)c1nc(-c2cn(-c3ccccc3)c(C(C)(C)c3cnc[n-]3)n2)cn1-c1ccccc1.[Pt+2]. The molecule has 0 radical (unpaired) electrons. The molecule has 0 saturated heterocycles. The Morgan fingerprint density at radius 1 is 0.590 bits per heavy atom. The summed E-state index contributed by atoms with van der Waals surface area (Å²) in [6, 6.07) is 20.4. The Labute approximate surface area is 241 Å². The molecule has 6 aromatic rings. The first-order chi connectivity index (χ1) is 18.4. The van der Waals surface area contributed by atoms with Gasteiger partial charge >= 0.3 is 21.1 Å². The largest absolute Gasteiger partial charge is 2.00 e. The second-order valence-electron chi connectivity index (χ2n) is 10.4. The number of hydrogen-bond donors (Lipinski definition) is 0. The molecule has 4 aromatic heterocycles. The normalized spacial score (nSPS) is 11.9. The van der Waals surface area contributed by atoms with Crippen LogP contribution in [0.2, 0.25) is 0 Å². The Balaban J connectivity index is 0.00000308. The molecule has 0 atom stereocenters. The first-order valence-corrected chi connectivity index (χ1v) is 12.5. The van der Waals surface area contributed by atoms with E-state index >= 15 is 0 Å². The summed E-state index contributed by atoms with van der Waals surface area (Å²) in [6.45, 7) is 8.48. The summed E-state index contributed by atoms with van der Waals surface area (Å²) in [5.41, 5.74) is 4.33. The minimum absolute atomic E-state index is 0. The molecule has 0 aliphatic rings. The molecule has 198 valence electrons. The average molecular weight is 696 g/mol. The van der Waals surface area contributed by atoms with Crippen molar-refractivity contribution in [2.24, 2.45) is 0 Å². The van der Waals surface area contributed by atoms with Crippen LogP contribution in [0.4, 0.5) is 0 Å². The van der Waals surface area contributed by atoms with Gasteiger partial charge in [-0.15, -0.1) is 0 Å². The maximum atomic E-state index is 5.17. The van der Waals surface area contributed by atoms with E-state index in [0.29, 0.717) is 0 Å². The van der Waals surface area contributed by atoms with Crippen LogP contribution in [-0.4, -0.2) is 29.1 Å². The van der Waals surface area contributed by atoms with Crippen molar-refractivity contribution < 1.29 is 21.1 Å². The molecule has 6 rings (SSSR count). The minimum Gasteiger partial charge on any atom is -0.450 e. The summed E-state index contributed by atoms with van der Waals surface area (Å²) in [6.07, 6.45) is 10.9. The van der Waals surface area contributed by atoms with E-state index in [9.17, 15) is 0 Å². The summed E-state index contributed by atoms with van der Waals surface area (Å²) in [7, 11) is 0. The average Bonchev–Trinajstić information content (AvgIpc) is 3.76. The standard InChI is InChI=1S/C30H28N8.Pt/c1-29(2,25-15-31-19-33-25)27-35-23(17-37(27)21-11-7-5-8-12-21)24-18-38(22-13-9-6-10-14-22)28(36-24)30(3,4)26-16-32-20-34-26;/h5-20H,1-4H3;/q-2;+2. The van der Waals surface area contributed by atoms with Gasteiger partial charge in [-0.2, -0.15) is 0 Å². The van der Waals surface area contributed by atoms with Crippen molar-refractivity contribution in [2.75, 3.05) is 0 Å². The molecule has 0 spiro atoms. The Morgan fingerprint density at radius 2 is 0.974 bits per heavy atom. The van der Waals surface area contributed by atoms with E-state index in [1.165, 1.54) is 0 Å². The molecule has 0 fully saturated rings. The van der Waals surface area contributed by atoms with Crippen molar-refractivity contribution in [1.29, 1.82) is 0 Å². The third-order valence-corrected chi connectivity index (χ3v) is 7.06. The van der Waals surface area contributed by atoms with E-state index in [1.54, 1.807) is 25.0 Å². The summed E-state index contributed by atoms with van der Waals surface area (Å²) < 4.78 is 4.25. The third-order valence-electron chi connectivity index (χ3n) is 7.06. The quantitative estimate of drug-likeness (QED) is 0.232. The zero-order valence-corrected chi connectivity index (χ0v) is 24.4. The molecule has 9 heteroatoms. The van der Waals surface area contributed by atoms with Crippen molar-refractivity contribution >= 4 is 0 Å². The first kappa shape index (κ1) is 26.6. The van der Waals surface area contributed by atoms with Crippen molar-refractivity contribution in [1.82, 2.24) is 39.0 Å². The molecule has 4 heterocycles. The molecule has 8 nitrogen and oxygen atoms in total. The Bertz CT molecular complexity index is 1520. The van der Waals surface area contributed by atoms with Crippen LogP contribution in [0.5, 0.6) is 0 Å². The molecule has 0 aliphatic carbocycles. The molecule has 2 aromatic carbocycles. The first-order valence-electron chi connectivity index (χ1n) is 12.5. The second-order valence-corrected chi connectivity index (χ2v) is 10.4. The smallest absolute Gasteiger partial charge is 0.450 e. The summed E-state index contributed by atoms with van der Waals surface area (Å²) in [4.78, 5) is 27.8. The number of hydrogen-bond acceptors (Lipinski definition) is 4. The monoisotopic (exact) mass is 695 g/mol. The van der Waals surface area contributed by atoms with Gasteiger partial charge in [-0.25, -0.2) is 9.97 Å². The van der Waals surface area contributed by atoms with Crippen LogP contribution in [0.25, 0.3) is 22.8 Å². The Hall–Kier alpha value is -4.03. The number of aromatic nitrogens is 8. The molecule has 0 N–H and O–H groups in total. The number of rotatable bonds is 7. The summed E-state index contributed by atoms with van der Waals surface area (Å²) in [5, 5.41) is 0. The molecule has 0 saturated carbocycles. The van der Waals surface area contributed by atoms with Crippen LogP contribution in [0.15, 0.2) is 98.1 Å². The van der Waals surface area contributed by atoms with E-state index in [-0.39, 0.29) is 21.1 Å². The maximum Gasteiger partial charge on any atom is 2.00 e. The summed E-state index contributed by atoms with van der Waals surface area (Å²) in [5.74, 6) is 1.72. The van der Waals surface area contributed by atoms with Crippen molar-refractivity contribution in [3.8, 4) is 22.8 Å². The fraction of sp³-hybridized carbons (Fsp3) is 0.200. The zero-order chi connectivity index (χ0) is 26.3. The van der Waals surface area contributed by atoms with Crippen LogP contribution in [0, 0.1) is 0 Å². The minimum atomic E-state index is -0.487.